The van der Waals surface area contributed by atoms with Gasteiger partial charge >= 0.3 is 0 Å². The van der Waals surface area contributed by atoms with Crippen molar-refractivity contribution in [3.05, 3.63) is 64.8 Å². The molecule has 0 aliphatic carbocycles. The van der Waals surface area contributed by atoms with Crippen molar-refractivity contribution in [2.24, 2.45) is 0 Å². The van der Waals surface area contributed by atoms with Crippen LogP contribution in [-0.4, -0.2) is 25.3 Å². The Hall–Kier alpha value is -2.99. The summed E-state index contributed by atoms with van der Waals surface area (Å²) in [7, 11) is 3.10. The molecule has 0 saturated heterocycles. The smallest absolute Gasteiger partial charge is 0.255 e. The fourth-order valence-electron chi connectivity index (χ4n) is 2.43. The van der Waals surface area contributed by atoms with E-state index < -0.39 is 0 Å². The number of nitrogens with one attached hydrogen (secondary N) is 1. The minimum atomic E-state index is -0.310. The van der Waals surface area contributed by atoms with Crippen molar-refractivity contribution in [2.75, 3.05) is 14.2 Å². The number of benzene rings is 2. The molecule has 0 radical (unpaired) electrons. The number of ether oxygens (including phenoxy) is 2. The molecule has 0 unspecified atom stereocenters. The molecule has 0 bridgehead atoms. The number of amides is 1. The normalized spacial score (nSPS) is 10.4. The van der Waals surface area contributed by atoms with E-state index in [4.69, 9.17) is 25.6 Å². The third-order valence-electron chi connectivity index (χ3n) is 3.75. The summed E-state index contributed by atoms with van der Waals surface area (Å²) in [6.07, 6.45) is 0. The molecule has 1 aromatic heterocycles. The van der Waals surface area contributed by atoms with Gasteiger partial charge in [-0.2, -0.15) is 0 Å². The van der Waals surface area contributed by atoms with Gasteiger partial charge in [0.15, 0.2) is 5.76 Å². The third-order valence-corrected chi connectivity index (χ3v) is 3.98. The zero-order chi connectivity index (χ0) is 18.5. The van der Waals surface area contributed by atoms with Gasteiger partial charge in [-0.3, -0.25) is 4.79 Å². The largest absolute Gasteiger partial charge is 0.497 e. The molecule has 134 valence electrons. The molecule has 0 saturated carbocycles. The number of carbonyl (C=O) groups excluding carboxylic acids is 1. The fraction of sp³-hybridized carbons (Fsp3) is 0.158. The predicted octanol–water partition coefficient (Wildman–Crippen LogP) is 3.94. The molecular weight excluding hydrogens is 356 g/mol. The van der Waals surface area contributed by atoms with E-state index in [0.717, 1.165) is 11.3 Å². The van der Waals surface area contributed by atoms with Crippen molar-refractivity contribution in [1.82, 2.24) is 10.5 Å². The van der Waals surface area contributed by atoms with Crippen molar-refractivity contribution in [2.45, 2.75) is 6.54 Å². The first-order valence-electron chi connectivity index (χ1n) is 7.82. The second-order valence-electron chi connectivity index (χ2n) is 5.44. The van der Waals surface area contributed by atoms with Gasteiger partial charge in [0.2, 0.25) is 0 Å². The van der Waals surface area contributed by atoms with E-state index in [1.54, 1.807) is 31.4 Å². The van der Waals surface area contributed by atoms with Crippen molar-refractivity contribution in [1.29, 1.82) is 0 Å². The molecule has 26 heavy (non-hydrogen) atoms. The van der Waals surface area contributed by atoms with Gasteiger partial charge in [0.05, 0.1) is 26.3 Å². The van der Waals surface area contributed by atoms with E-state index in [1.807, 2.05) is 24.3 Å². The van der Waals surface area contributed by atoms with Crippen LogP contribution in [0.3, 0.4) is 0 Å². The van der Waals surface area contributed by atoms with Crippen LogP contribution in [-0.2, 0) is 6.54 Å². The molecule has 2 aromatic carbocycles. The van der Waals surface area contributed by atoms with E-state index in [-0.39, 0.29) is 12.5 Å². The summed E-state index contributed by atoms with van der Waals surface area (Å²) in [4.78, 5) is 12.4. The Kier molecular flexibility index (Phi) is 5.43. The molecule has 0 aliphatic heterocycles. The van der Waals surface area contributed by atoms with Gasteiger partial charge < -0.3 is 19.3 Å². The molecule has 6 nitrogen and oxygen atoms in total. The summed E-state index contributed by atoms with van der Waals surface area (Å²) in [5.41, 5.74) is 1.79. The number of rotatable bonds is 6. The van der Waals surface area contributed by atoms with E-state index in [0.29, 0.717) is 27.8 Å². The third kappa shape index (κ3) is 3.97. The molecule has 3 rings (SSSR count). The zero-order valence-corrected chi connectivity index (χ0v) is 15.0. The number of hydrogen-bond donors (Lipinski definition) is 1. The van der Waals surface area contributed by atoms with Gasteiger partial charge in [0.1, 0.15) is 17.2 Å². The van der Waals surface area contributed by atoms with Crippen molar-refractivity contribution in [3.8, 4) is 22.8 Å². The maximum Gasteiger partial charge on any atom is 0.255 e. The number of hydrogen-bond acceptors (Lipinski definition) is 5. The monoisotopic (exact) mass is 372 g/mol. The summed E-state index contributed by atoms with van der Waals surface area (Å²) in [6.45, 7) is 0.210. The lowest BCUT2D eigenvalue weighted by Crippen LogP contribution is -2.23. The lowest BCUT2D eigenvalue weighted by atomic mass is 10.1. The van der Waals surface area contributed by atoms with Crippen LogP contribution in [0.25, 0.3) is 11.3 Å². The van der Waals surface area contributed by atoms with Gasteiger partial charge in [-0.25, -0.2) is 0 Å². The summed E-state index contributed by atoms with van der Waals surface area (Å²) in [5.74, 6) is 1.45. The number of methoxy groups -OCH3 is 2. The van der Waals surface area contributed by atoms with Gasteiger partial charge in [0.25, 0.3) is 5.91 Å². The Morgan fingerprint density at radius 3 is 2.77 bits per heavy atom. The Balaban J connectivity index is 1.70. The van der Waals surface area contributed by atoms with Crippen LogP contribution >= 0.6 is 11.6 Å². The van der Waals surface area contributed by atoms with Crippen molar-refractivity contribution < 1.29 is 18.8 Å². The molecule has 0 atom stereocenters. The molecule has 0 aliphatic rings. The first kappa shape index (κ1) is 17.8. The minimum Gasteiger partial charge on any atom is -0.497 e. The zero-order valence-electron chi connectivity index (χ0n) is 14.3. The lowest BCUT2D eigenvalue weighted by Gasteiger charge is -2.08. The highest BCUT2D eigenvalue weighted by atomic mass is 35.5. The van der Waals surface area contributed by atoms with E-state index in [2.05, 4.69) is 10.5 Å². The molecule has 0 fully saturated rings. The molecule has 0 spiro atoms. The first-order chi connectivity index (χ1) is 12.6. The summed E-state index contributed by atoms with van der Waals surface area (Å²) >= 11 is 5.96. The lowest BCUT2D eigenvalue weighted by molar-refractivity contribution is 0.0947. The molecule has 1 N–H and O–H groups in total. The average molecular weight is 373 g/mol. The second kappa shape index (κ2) is 7.93. The number of nitrogens with zero attached hydrogens (tertiary/aromatic N) is 1. The van der Waals surface area contributed by atoms with E-state index in [1.165, 1.54) is 7.11 Å². The molecular formula is C19H17ClN2O4. The van der Waals surface area contributed by atoms with E-state index >= 15 is 0 Å². The van der Waals surface area contributed by atoms with Gasteiger partial charge in [-0.1, -0.05) is 28.9 Å². The van der Waals surface area contributed by atoms with Crippen LogP contribution in [0.4, 0.5) is 0 Å². The maximum atomic E-state index is 12.4. The molecule has 1 amide bonds. The van der Waals surface area contributed by atoms with Crippen LogP contribution in [0, 0.1) is 0 Å². The SMILES string of the molecule is COc1cccc(-c2cc(CNC(=O)c3cc(Cl)ccc3OC)no2)c1. The highest BCUT2D eigenvalue weighted by Crippen LogP contribution is 2.25. The maximum absolute atomic E-state index is 12.4. The Bertz CT molecular complexity index is 923. The van der Waals surface area contributed by atoms with Crippen LogP contribution in [0.5, 0.6) is 11.5 Å². The topological polar surface area (TPSA) is 73.6 Å². The van der Waals surface area contributed by atoms with Crippen LogP contribution in [0.15, 0.2) is 53.1 Å². The minimum absolute atomic E-state index is 0.210. The number of halogens is 1. The highest BCUT2D eigenvalue weighted by Gasteiger charge is 2.14. The summed E-state index contributed by atoms with van der Waals surface area (Å²) in [6, 6.07) is 14.1. The van der Waals surface area contributed by atoms with Gasteiger partial charge in [-0.05, 0) is 30.3 Å². The van der Waals surface area contributed by atoms with Crippen LogP contribution in [0.1, 0.15) is 16.1 Å². The van der Waals surface area contributed by atoms with Crippen molar-refractivity contribution >= 4 is 17.5 Å². The summed E-state index contributed by atoms with van der Waals surface area (Å²) < 4.78 is 15.7. The Morgan fingerprint density at radius 1 is 1.15 bits per heavy atom. The summed E-state index contributed by atoms with van der Waals surface area (Å²) in [5, 5.41) is 7.22. The predicted molar refractivity (Wildman–Crippen MR) is 97.7 cm³/mol. The van der Waals surface area contributed by atoms with Gasteiger partial charge in [0, 0.05) is 16.7 Å². The average Bonchev–Trinajstić information content (AvgIpc) is 3.15. The number of carbonyl (C=O) groups is 1. The van der Waals surface area contributed by atoms with Gasteiger partial charge in [-0.15, -0.1) is 0 Å². The van der Waals surface area contributed by atoms with Crippen molar-refractivity contribution in [3.63, 3.8) is 0 Å². The van der Waals surface area contributed by atoms with E-state index in [9.17, 15) is 4.79 Å². The fourth-order valence-corrected chi connectivity index (χ4v) is 2.60. The van der Waals surface area contributed by atoms with Crippen LogP contribution in [0.2, 0.25) is 5.02 Å². The second-order valence-corrected chi connectivity index (χ2v) is 5.88. The quantitative estimate of drug-likeness (QED) is 0.709. The standard InChI is InChI=1S/C19H17ClN2O4/c1-24-15-5-3-4-12(8-15)18-10-14(22-26-18)11-21-19(23)16-9-13(20)6-7-17(16)25-2/h3-10H,11H2,1-2H3,(H,21,23). The first-order valence-corrected chi connectivity index (χ1v) is 8.20. The van der Waals surface area contributed by atoms with Crippen LogP contribution < -0.4 is 14.8 Å². The molecule has 7 heteroatoms. The molecule has 3 aromatic rings. The molecule has 1 heterocycles. The Labute approximate surface area is 155 Å². The Morgan fingerprint density at radius 2 is 2.00 bits per heavy atom. The number of aromatic nitrogens is 1. The highest BCUT2D eigenvalue weighted by molar-refractivity contribution is 6.31.